The van der Waals surface area contributed by atoms with Crippen LogP contribution in [0.3, 0.4) is 0 Å². The maximum atomic E-state index is 12.1. The second-order valence-electron chi connectivity index (χ2n) is 4.97. The number of para-hydroxylation sites is 1. The van der Waals surface area contributed by atoms with Crippen LogP contribution in [0.25, 0.3) is 0 Å². The van der Waals surface area contributed by atoms with Crippen molar-refractivity contribution in [3.8, 4) is 11.8 Å². The van der Waals surface area contributed by atoms with Crippen LogP contribution in [-0.2, 0) is 11.3 Å². The molecule has 2 aromatic carbocycles. The molecule has 0 aromatic heterocycles. The number of hydrogen-bond acceptors (Lipinski definition) is 3. The van der Waals surface area contributed by atoms with E-state index in [4.69, 9.17) is 10.00 Å². The quantitative estimate of drug-likeness (QED) is 0.823. The molecular formula is C18H18N2O2. The summed E-state index contributed by atoms with van der Waals surface area (Å²) in [6.07, 6.45) is 0.335. The molecule has 0 aliphatic rings. The summed E-state index contributed by atoms with van der Waals surface area (Å²) in [5.41, 5.74) is 1.62. The summed E-state index contributed by atoms with van der Waals surface area (Å²) in [5, 5.41) is 8.76. The lowest BCUT2D eigenvalue weighted by molar-refractivity contribution is -0.130. The van der Waals surface area contributed by atoms with Gasteiger partial charge in [-0.2, -0.15) is 5.26 Å². The molecule has 0 aliphatic heterocycles. The molecule has 0 radical (unpaired) electrons. The van der Waals surface area contributed by atoms with Crippen molar-refractivity contribution in [3.05, 3.63) is 65.7 Å². The number of benzene rings is 2. The highest BCUT2D eigenvalue weighted by Crippen LogP contribution is 2.10. The minimum atomic E-state index is 0.0280. The molecule has 2 rings (SSSR count). The van der Waals surface area contributed by atoms with Crippen LogP contribution in [0, 0.1) is 11.3 Å². The van der Waals surface area contributed by atoms with E-state index in [1.54, 1.807) is 24.1 Å². The highest BCUT2D eigenvalue weighted by atomic mass is 16.5. The number of nitriles is 1. The summed E-state index contributed by atoms with van der Waals surface area (Å²) in [6.45, 7) is 0.885. The van der Waals surface area contributed by atoms with Gasteiger partial charge in [0.25, 0.3) is 0 Å². The maximum Gasteiger partial charge on any atom is 0.226 e. The van der Waals surface area contributed by atoms with Gasteiger partial charge in [0.2, 0.25) is 5.91 Å². The van der Waals surface area contributed by atoms with Crippen LogP contribution in [0.4, 0.5) is 0 Å². The molecule has 112 valence electrons. The Morgan fingerprint density at radius 2 is 1.82 bits per heavy atom. The zero-order chi connectivity index (χ0) is 15.8. The summed E-state index contributed by atoms with van der Waals surface area (Å²) in [4.78, 5) is 13.7. The Kier molecular flexibility index (Phi) is 5.56. The van der Waals surface area contributed by atoms with Gasteiger partial charge in [0, 0.05) is 13.6 Å². The van der Waals surface area contributed by atoms with Crippen molar-refractivity contribution >= 4 is 5.91 Å². The van der Waals surface area contributed by atoms with Crippen molar-refractivity contribution in [2.45, 2.75) is 13.0 Å². The van der Waals surface area contributed by atoms with Crippen molar-refractivity contribution in [2.24, 2.45) is 0 Å². The van der Waals surface area contributed by atoms with E-state index in [2.05, 4.69) is 6.07 Å². The van der Waals surface area contributed by atoms with Crippen LogP contribution < -0.4 is 4.74 Å². The molecule has 0 unspecified atom stereocenters. The lowest BCUT2D eigenvalue weighted by Crippen LogP contribution is -2.27. The standard InChI is InChI=1S/C18H18N2O2/c1-20(14-16-9-7-15(13-19)8-10-16)18(21)11-12-22-17-5-3-2-4-6-17/h2-10H,11-12,14H2,1H3. The monoisotopic (exact) mass is 294 g/mol. The van der Waals surface area contributed by atoms with E-state index in [0.29, 0.717) is 25.1 Å². The average Bonchev–Trinajstić information content (AvgIpc) is 2.56. The first kappa shape index (κ1) is 15.6. The lowest BCUT2D eigenvalue weighted by atomic mass is 10.1. The predicted molar refractivity (Wildman–Crippen MR) is 84.2 cm³/mol. The zero-order valence-corrected chi connectivity index (χ0v) is 12.5. The Morgan fingerprint density at radius 1 is 1.14 bits per heavy atom. The van der Waals surface area contributed by atoms with Crippen LogP contribution in [0.1, 0.15) is 17.5 Å². The minimum Gasteiger partial charge on any atom is -0.493 e. The molecule has 0 N–H and O–H groups in total. The number of carbonyl (C=O) groups is 1. The van der Waals surface area contributed by atoms with E-state index in [-0.39, 0.29) is 5.91 Å². The number of carbonyl (C=O) groups excluding carboxylic acids is 1. The number of amides is 1. The van der Waals surface area contributed by atoms with Gasteiger partial charge in [-0.1, -0.05) is 30.3 Å². The van der Waals surface area contributed by atoms with E-state index < -0.39 is 0 Å². The van der Waals surface area contributed by atoms with Crippen LogP contribution in [0.5, 0.6) is 5.75 Å². The van der Waals surface area contributed by atoms with Gasteiger partial charge in [-0.25, -0.2) is 0 Å². The summed E-state index contributed by atoms with van der Waals surface area (Å²) in [6, 6.07) is 18.8. The molecule has 4 heteroatoms. The maximum absolute atomic E-state index is 12.1. The molecule has 0 saturated heterocycles. The Hall–Kier alpha value is -2.80. The van der Waals surface area contributed by atoms with E-state index in [9.17, 15) is 4.79 Å². The van der Waals surface area contributed by atoms with Gasteiger partial charge in [-0.05, 0) is 29.8 Å². The molecule has 0 bridgehead atoms. The summed E-state index contributed by atoms with van der Waals surface area (Å²) in [7, 11) is 1.77. The Bertz CT molecular complexity index is 645. The van der Waals surface area contributed by atoms with Gasteiger partial charge in [0.15, 0.2) is 0 Å². The smallest absolute Gasteiger partial charge is 0.226 e. The molecule has 0 heterocycles. The van der Waals surface area contributed by atoms with E-state index in [0.717, 1.165) is 11.3 Å². The highest BCUT2D eigenvalue weighted by Gasteiger charge is 2.09. The molecule has 0 saturated carbocycles. The van der Waals surface area contributed by atoms with Crippen LogP contribution in [-0.4, -0.2) is 24.5 Å². The minimum absolute atomic E-state index is 0.0280. The molecule has 22 heavy (non-hydrogen) atoms. The molecule has 2 aromatic rings. The van der Waals surface area contributed by atoms with Gasteiger partial charge in [0.1, 0.15) is 5.75 Å². The molecule has 0 fully saturated rings. The van der Waals surface area contributed by atoms with E-state index >= 15 is 0 Å². The predicted octanol–water partition coefficient (Wildman–Crippen LogP) is 2.99. The van der Waals surface area contributed by atoms with Crippen LogP contribution in [0.2, 0.25) is 0 Å². The summed E-state index contributed by atoms with van der Waals surface area (Å²) in [5.74, 6) is 0.797. The normalized spacial score (nSPS) is 9.82. The third-order valence-corrected chi connectivity index (χ3v) is 3.26. The molecular weight excluding hydrogens is 276 g/mol. The fraction of sp³-hybridized carbons (Fsp3) is 0.222. The highest BCUT2D eigenvalue weighted by molar-refractivity contribution is 5.76. The van der Waals surface area contributed by atoms with Crippen molar-refractivity contribution in [2.75, 3.05) is 13.7 Å². The number of nitrogens with zero attached hydrogens (tertiary/aromatic N) is 2. The molecule has 1 amide bonds. The van der Waals surface area contributed by atoms with Crippen molar-refractivity contribution in [3.63, 3.8) is 0 Å². The second kappa shape index (κ2) is 7.84. The fourth-order valence-electron chi connectivity index (χ4n) is 2.01. The van der Waals surface area contributed by atoms with Crippen molar-refractivity contribution < 1.29 is 9.53 Å². The first-order chi connectivity index (χ1) is 10.7. The van der Waals surface area contributed by atoms with E-state index in [1.807, 2.05) is 42.5 Å². The van der Waals surface area contributed by atoms with Gasteiger partial charge in [-0.15, -0.1) is 0 Å². The van der Waals surface area contributed by atoms with Gasteiger partial charge in [0.05, 0.1) is 24.7 Å². The first-order valence-corrected chi connectivity index (χ1v) is 7.10. The van der Waals surface area contributed by atoms with Crippen molar-refractivity contribution in [1.82, 2.24) is 4.90 Å². The second-order valence-corrected chi connectivity index (χ2v) is 4.97. The third kappa shape index (κ3) is 4.64. The number of hydrogen-bond donors (Lipinski definition) is 0. The average molecular weight is 294 g/mol. The first-order valence-electron chi connectivity index (χ1n) is 7.10. The Labute approximate surface area is 130 Å². The molecule has 4 nitrogen and oxygen atoms in total. The fourth-order valence-corrected chi connectivity index (χ4v) is 2.01. The van der Waals surface area contributed by atoms with Gasteiger partial charge >= 0.3 is 0 Å². The summed E-state index contributed by atoms with van der Waals surface area (Å²) >= 11 is 0. The topological polar surface area (TPSA) is 53.3 Å². The van der Waals surface area contributed by atoms with Crippen LogP contribution >= 0.6 is 0 Å². The molecule has 0 atom stereocenters. The summed E-state index contributed by atoms with van der Waals surface area (Å²) < 4.78 is 5.52. The Balaban J connectivity index is 1.78. The SMILES string of the molecule is CN(Cc1ccc(C#N)cc1)C(=O)CCOc1ccccc1. The van der Waals surface area contributed by atoms with E-state index in [1.165, 1.54) is 0 Å². The lowest BCUT2D eigenvalue weighted by Gasteiger charge is -2.17. The molecule has 0 spiro atoms. The van der Waals surface area contributed by atoms with Gasteiger partial charge < -0.3 is 9.64 Å². The number of ether oxygens (including phenoxy) is 1. The van der Waals surface area contributed by atoms with Crippen molar-refractivity contribution in [1.29, 1.82) is 5.26 Å². The zero-order valence-electron chi connectivity index (χ0n) is 12.5. The number of rotatable bonds is 6. The van der Waals surface area contributed by atoms with Crippen LogP contribution in [0.15, 0.2) is 54.6 Å². The Morgan fingerprint density at radius 3 is 2.45 bits per heavy atom. The largest absolute Gasteiger partial charge is 0.493 e. The third-order valence-electron chi connectivity index (χ3n) is 3.26. The van der Waals surface area contributed by atoms with Gasteiger partial charge in [-0.3, -0.25) is 4.79 Å². The molecule has 0 aliphatic carbocycles.